The van der Waals surface area contributed by atoms with E-state index in [9.17, 15) is 14.4 Å². The topological polar surface area (TPSA) is 106 Å². The van der Waals surface area contributed by atoms with Gasteiger partial charge in [0.1, 0.15) is 5.78 Å². The highest BCUT2D eigenvalue weighted by atomic mass is 16.3. The molecule has 170 valence electrons. The van der Waals surface area contributed by atoms with E-state index in [2.05, 4.69) is 50.2 Å². The molecule has 0 saturated heterocycles. The highest BCUT2D eigenvalue weighted by Gasteiger charge is 2.41. The van der Waals surface area contributed by atoms with Gasteiger partial charge >= 0.3 is 5.69 Å². The number of H-pyrrole nitrogens is 2. The predicted molar refractivity (Wildman–Crippen MR) is 126 cm³/mol. The minimum atomic E-state index is -0.708. The predicted octanol–water partition coefficient (Wildman–Crippen LogP) is 3.06. The molecule has 7 heteroatoms. The van der Waals surface area contributed by atoms with E-state index in [1.54, 1.807) is 0 Å². The molecule has 0 fully saturated rings. The van der Waals surface area contributed by atoms with Crippen LogP contribution in [0.3, 0.4) is 0 Å². The SMILES string of the molecule is CCC(=O)C(CC(C)N(C)C)(c1ccccc1)c1ccccc1.O=c1cc(O)[nH]c(=O)[nH]1. The summed E-state index contributed by atoms with van der Waals surface area (Å²) in [5, 5.41) is 8.52. The van der Waals surface area contributed by atoms with Crippen LogP contribution in [0.5, 0.6) is 5.88 Å². The molecule has 3 rings (SSSR count). The molecule has 3 aromatic rings. The molecule has 1 heterocycles. The second-order valence-corrected chi connectivity index (χ2v) is 7.90. The van der Waals surface area contributed by atoms with Crippen LogP contribution in [-0.4, -0.2) is 45.9 Å². The van der Waals surface area contributed by atoms with Crippen LogP contribution < -0.4 is 11.2 Å². The first kappa shape index (κ1) is 24.8. The Kier molecular flexibility index (Phi) is 8.72. The molecule has 32 heavy (non-hydrogen) atoms. The van der Waals surface area contributed by atoms with Crippen molar-refractivity contribution in [3.63, 3.8) is 0 Å². The summed E-state index contributed by atoms with van der Waals surface area (Å²) in [6.07, 6.45) is 1.31. The van der Waals surface area contributed by atoms with Crippen molar-refractivity contribution in [1.82, 2.24) is 14.9 Å². The van der Waals surface area contributed by atoms with E-state index >= 15 is 0 Å². The van der Waals surface area contributed by atoms with Crippen molar-refractivity contribution in [2.75, 3.05) is 14.1 Å². The average molecular weight is 438 g/mol. The fourth-order valence-electron chi connectivity index (χ4n) is 3.67. The number of Topliss-reactive ketones (excluding diaryl/α,β-unsaturated/α-hetero) is 1. The lowest BCUT2D eigenvalue weighted by atomic mass is 9.67. The number of rotatable bonds is 7. The fraction of sp³-hybridized carbons (Fsp3) is 0.320. The standard InChI is InChI=1S/C21H27NO.C4H4N2O3/c1-5-20(23)21(16-17(2)22(3)4,18-12-8-6-9-13-18)19-14-10-7-11-15-19;7-2-1-3(8)6-4(9)5-2/h6-15,17H,5,16H2,1-4H3;1H,(H3,5,6,7,8,9). The van der Waals surface area contributed by atoms with E-state index in [4.69, 9.17) is 5.11 Å². The molecule has 1 aromatic heterocycles. The van der Waals surface area contributed by atoms with Crippen molar-refractivity contribution in [3.8, 4) is 5.88 Å². The summed E-state index contributed by atoms with van der Waals surface area (Å²) in [7, 11) is 4.14. The van der Waals surface area contributed by atoms with Gasteiger partial charge in [0.2, 0.25) is 0 Å². The Bertz CT molecular complexity index is 1040. The van der Waals surface area contributed by atoms with Crippen molar-refractivity contribution in [2.24, 2.45) is 0 Å². The second kappa shape index (κ2) is 11.2. The fourth-order valence-corrected chi connectivity index (χ4v) is 3.67. The summed E-state index contributed by atoms with van der Waals surface area (Å²) < 4.78 is 0. The molecule has 3 N–H and O–H groups in total. The van der Waals surface area contributed by atoms with Crippen molar-refractivity contribution in [3.05, 3.63) is 98.7 Å². The molecule has 0 saturated carbocycles. The summed E-state index contributed by atoms with van der Waals surface area (Å²) in [6.45, 7) is 4.15. The van der Waals surface area contributed by atoms with E-state index in [1.807, 2.05) is 53.3 Å². The van der Waals surface area contributed by atoms with Gasteiger partial charge in [-0.15, -0.1) is 0 Å². The van der Waals surface area contributed by atoms with Gasteiger partial charge in [-0.2, -0.15) is 0 Å². The lowest BCUT2D eigenvalue weighted by Crippen LogP contribution is -2.42. The number of nitrogens with zero attached hydrogens (tertiary/aromatic N) is 1. The molecule has 0 radical (unpaired) electrons. The Morgan fingerprint density at radius 3 is 1.84 bits per heavy atom. The number of aromatic amines is 2. The molecule has 0 bridgehead atoms. The van der Waals surface area contributed by atoms with Crippen molar-refractivity contribution < 1.29 is 9.90 Å². The highest BCUT2D eigenvalue weighted by molar-refractivity contribution is 5.93. The second-order valence-electron chi connectivity index (χ2n) is 7.90. The summed E-state index contributed by atoms with van der Waals surface area (Å²) in [6, 6.07) is 21.6. The number of hydrogen-bond acceptors (Lipinski definition) is 5. The highest BCUT2D eigenvalue weighted by Crippen LogP contribution is 2.39. The van der Waals surface area contributed by atoms with Crippen molar-refractivity contribution in [2.45, 2.75) is 38.1 Å². The number of carbonyl (C=O) groups excluding carboxylic acids is 1. The van der Waals surface area contributed by atoms with Crippen LogP contribution in [0.15, 0.2) is 76.3 Å². The molecule has 2 aromatic carbocycles. The average Bonchev–Trinajstić information content (AvgIpc) is 2.77. The first-order chi connectivity index (χ1) is 15.2. The first-order valence-electron chi connectivity index (χ1n) is 10.5. The number of ketones is 1. The normalized spacial score (nSPS) is 12.0. The molecule has 0 aliphatic carbocycles. The minimum absolute atomic E-state index is 0.281. The van der Waals surface area contributed by atoms with Crippen molar-refractivity contribution >= 4 is 5.78 Å². The van der Waals surface area contributed by atoms with Crippen LogP contribution in [0.1, 0.15) is 37.8 Å². The van der Waals surface area contributed by atoms with Crippen LogP contribution in [0.4, 0.5) is 0 Å². The quantitative estimate of drug-likeness (QED) is 0.527. The molecule has 1 atom stereocenters. The zero-order chi connectivity index (χ0) is 23.7. The molecule has 1 unspecified atom stereocenters. The van der Waals surface area contributed by atoms with E-state index in [-0.39, 0.29) is 5.78 Å². The lowest BCUT2D eigenvalue weighted by Gasteiger charge is -2.37. The molecular weight excluding hydrogens is 406 g/mol. The van der Waals surface area contributed by atoms with Gasteiger partial charge in [-0.1, -0.05) is 67.6 Å². The summed E-state index contributed by atoms with van der Waals surface area (Å²) in [4.78, 5) is 39.7. The zero-order valence-corrected chi connectivity index (χ0v) is 19.0. The smallest absolute Gasteiger partial charge is 0.328 e. The van der Waals surface area contributed by atoms with Gasteiger partial charge < -0.3 is 10.0 Å². The van der Waals surface area contributed by atoms with Crippen LogP contribution in [0.2, 0.25) is 0 Å². The maximum atomic E-state index is 13.2. The van der Waals surface area contributed by atoms with Gasteiger partial charge in [-0.3, -0.25) is 19.6 Å². The number of benzene rings is 2. The minimum Gasteiger partial charge on any atom is -0.494 e. The van der Waals surface area contributed by atoms with E-state index in [0.29, 0.717) is 12.5 Å². The van der Waals surface area contributed by atoms with Crippen LogP contribution in [0.25, 0.3) is 0 Å². The van der Waals surface area contributed by atoms with E-state index < -0.39 is 22.5 Å². The first-order valence-corrected chi connectivity index (χ1v) is 10.5. The Morgan fingerprint density at radius 1 is 0.969 bits per heavy atom. The van der Waals surface area contributed by atoms with Gasteiger partial charge in [0.25, 0.3) is 5.56 Å². The summed E-state index contributed by atoms with van der Waals surface area (Å²) in [5.74, 6) is -0.146. The Labute approximate surface area is 187 Å². The number of aromatic nitrogens is 2. The Balaban J connectivity index is 0.000000336. The van der Waals surface area contributed by atoms with Gasteiger partial charge in [0, 0.05) is 12.5 Å². The van der Waals surface area contributed by atoms with Crippen LogP contribution in [0, 0.1) is 0 Å². The third-order valence-electron chi connectivity index (χ3n) is 5.56. The van der Waals surface area contributed by atoms with E-state index in [1.165, 1.54) is 0 Å². The monoisotopic (exact) mass is 437 g/mol. The maximum absolute atomic E-state index is 13.2. The van der Waals surface area contributed by atoms with Gasteiger partial charge in [-0.05, 0) is 38.6 Å². The van der Waals surface area contributed by atoms with Gasteiger partial charge in [0.05, 0.1) is 11.5 Å². The summed E-state index contributed by atoms with van der Waals surface area (Å²) in [5.41, 5.74) is 0.274. The van der Waals surface area contributed by atoms with Crippen molar-refractivity contribution in [1.29, 1.82) is 0 Å². The van der Waals surface area contributed by atoms with Crippen LogP contribution >= 0.6 is 0 Å². The molecule has 0 aliphatic heterocycles. The number of carbonyl (C=O) groups is 1. The third kappa shape index (κ3) is 6.04. The zero-order valence-electron chi connectivity index (χ0n) is 19.0. The third-order valence-corrected chi connectivity index (χ3v) is 5.56. The molecule has 7 nitrogen and oxygen atoms in total. The van der Waals surface area contributed by atoms with Crippen LogP contribution in [-0.2, 0) is 10.2 Å². The maximum Gasteiger partial charge on any atom is 0.328 e. The van der Waals surface area contributed by atoms with Gasteiger partial charge in [0.15, 0.2) is 5.88 Å². The van der Waals surface area contributed by atoms with Gasteiger partial charge in [-0.25, -0.2) is 4.79 Å². The molecular formula is C25H31N3O4. The number of nitrogens with one attached hydrogen (secondary N) is 2. The Morgan fingerprint density at radius 2 is 1.47 bits per heavy atom. The Hall–Kier alpha value is -3.45. The van der Waals surface area contributed by atoms with E-state index in [0.717, 1.165) is 23.6 Å². The molecule has 0 spiro atoms. The lowest BCUT2D eigenvalue weighted by molar-refractivity contribution is -0.123. The molecule has 0 amide bonds. The molecule has 0 aliphatic rings. The summed E-state index contributed by atoms with van der Waals surface area (Å²) >= 11 is 0. The number of aromatic hydroxyl groups is 1. The number of hydrogen-bond donors (Lipinski definition) is 3. The largest absolute Gasteiger partial charge is 0.494 e.